The van der Waals surface area contributed by atoms with Crippen molar-refractivity contribution in [3.8, 4) is 0 Å². The summed E-state index contributed by atoms with van der Waals surface area (Å²) >= 11 is 0. The molecular formula is C6H12N4. The summed E-state index contributed by atoms with van der Waals surface area (Å²) in [6, 6.07) is 0. The Labute approximate surface area is 60.5 Å². The Hall–Kier alpha value is -0.640. The molecule has 0 aromatic carbocycles. The third kappa shape index (κ3) is 0.988. The quantitative estimate of drug-likeness (QED) is 0.503. The Morgan fingerprint density at radius 3 is 2.90 bits per heavy atom. The SMILES string of the molecule is C1CCN2CN=NN2CC1. The molecule has 0 aromatic heterocycles. The minimum Gasteiger partial charge on any atom is -0.207 e. The molecule has 0 N–H and O–H groups in total. The lowest BCUT2D eigenvalue weighted by atomic mass is 10.2. The van der Waals surface area contributed by atoms with Gasteiger partial charge in [-0.3, -0.25) is 0 Å². The highest BCUT2D eigenvalue weighted by Crippen LogP contribution is 2.15. The summed E-state index contributed by atoms with van der Waals surface area (Å²) in [6.45, 7) is 2.97. The molecule has 56 valence electrons. The van der Waals surface area contributed by atoms with Gasteiger partial charge >= 0.3 is 0 Å². The van der Waals surface area contributed by atoms with Gasteiger partial charge in [0.25, 0.3) is 0 Å². The zero-order valence-electron chi connectivity index (χ0n) is 6.03. The van der Waals surface area contributed by atoms with Crippen LogP contribution < -0.4 is 0 Å². The highest BCUT2D eigenvalue weighted by atomic mass is 15.9. The molecule has 2 aliphatic heterocycles. The molecule has 2 heterocycles. The molecule has 0 aromatic rings. The van der Waals surface area contributed by atoms with Gasteiger partial charge in [0, 0.05) is 6.54 Å². The summed E-state index contributed by atoms with van der Waals surface area (Å²) in [7, 11) is 0. The maximum Gasteiger partial charge on any atom is 0.133 e. The highest BCUT2D eigenvalue weighted by molar-refractivity contribution is 4.62. The summed E-state index contributed by atoms with van der Waals surface area (Å²) < 4.78 is 0. The third-order valence-electron chi connectivity index (χ3n) is 1.99. The number of rotatable bonds is 0. The van der Waals surface area contributed by atoms with Gasteiger partial charge in [0.15, 0.2) is 0 Å². The van der Waals surface area contributed by atoms with E-state index in [0.717, 1.165) is 19.8 Å². The Morgan fingerprint density at radius 1 is 1.00 bits per heavy atom. The summed E-state index contributed by atoms with van der Waals surface area (Å²) in [4.78, 5) is 0. The van der Waals surface area contributed by atoms with Crippen molar-refractivity contribution in [1.29, 1.82) is 0 Å². The predicted octanol–water partition coefficient (Wildman–Crippen LogP) is 1.03. The molecule has 1 fully saturated rings. The van der Waals surface area contributed by atoms with Crippen LogP contribution in [-0.4, -0.2) is 29.9 Å². The molecule has 0 radical (unpaired) electrons. The van der Waals surface area contributed by atoms with E-state index >= 15 is 0 Å². The van der Waals surface area contributed by atoms with Gasteiger partial charge in [0.1, 0.15) is 6.67 Å². The van der Waals surface area contributed by atoms with E-state index in [1.54, 1.807) is 0 Å². The van der Waals surface area contributed by atoms with Gasteiger partial charge in [-0.15, -0.1) is 0 Å². The Morgan fingerprint density at radius 2 is 1.90 bits per heavy atom. The predicted molar refractivity (Wildman–Crippen MR) is 37.0 cm³/mol. The number of hydrogen-bond donors (Lipinski definition) is 0. The zero-order chi connectivity index (χ0) is 6.81. The second-order valence-corrected chi connectivity index (χ2v) is 2.76. The molecule has 0 spiro atoms. The lowest BCUT2D eigenvalue weighted by Gasteiger charge is -2.20. The molecule has 4 nitrogen and oxygen atoms in total. The minimum absolute atomic E-state index is 0.778. The number of fused-ring (bicyclic) bond motifs is 1. The topological polar surface area (TPSA) is 31.2 Å². The van der Waals surface area contributed by atoms with Crippen LogP contribution in [0.5, 0.6) is 0 Å². The molecule has 4 heteroatoms. The lowest BCUT2D eigenvalue weighted by Crippen LogP contribution is -2.34. The van der Waals surface area contributed by atoms with Crippen LogP contribution in [-0.2, 0) is 0 Å². The Bertz CT molecular complexity index is 145. The second-order valence-electron chi connectivity index (χ2n) is 2.76. The molecule has 0 bridgehead atoms. The highest BCUT2D eigenvalue weighted by Gasteiger charge is 2.19. The summed E-state index contributed by atoms with van der Waals surface area (Å²) in [5.41, 5.74) is 0. The van der Waals surface area contributed by atoms with Crippen molar-refractivity contribution in [3.05, 3.63) is 0 Å². The first-order valence-electron chi connectivity index (χ1n) is 3.86. The van der Waals surface area contributed by atoms with E-state index in [-0.39, 0.29) is 0 Å². The lowest BCUT2D eigenvalue weighted by molar-refractivity contribution is 0.0194. The zero-order valence-corrected chi connectivity index (χ0v) is 6.03. The van der Waals surface area contributed by atoms with Crippen LogP contribution in [0, 0.1) is 0 Å². The van der Waals surface area contributed by atoms with Crippen molar-refractivity contribution in [1.82, 2.24) is 10.1 Å². The summed E-state index contributed by atoms with van der Waals surface area (Å²) in [5, 5.41) is 12.1. The smallest absolute Gasteiger partial charge is 0.133 e. The van der Waals surface area contributed by atoms with Crippen LogP contribution in [0.2, 0.25) is 0 Å². The number of nitrogens with zero attached hydrogens (tertiary/aromatic N) is 4. The summed E-state index contributed by atoms with van der Waals surface area (Å²) in [5.74, 6) is 0. The van der Waals surface area contributed by atoms with Crippen molar-refractivity contribution >= 4 is 0 Å². The van der Waals surface area contributed by atoms with Gasteiger partial charge in [0.2, 0.25) is 0 Å². The van der Waals surface area contributed by atoms with Gasteiger partial charge in [-0.1, -0.05) is 11.6 Å². The fourth-order valence-electron chi connectivity index (χ4n) is 1.40. The van der Waals surface area contributed by atoms with Gasteiger partial charge in [-0.25, -0.2) is 5.12 Å². The van der Waals surface area contributed by atoms with Gasteiger partial charge in [-0.05, 0) is 12.8 Å². The van der Waals surface area contributed by atoms with Gasteiger partial charge in [0.05, 0.1) is 6.54 Å². The molecular weight excluding hydrogens is 128 g/mol. The van der Waals surface area contributed by atoms with Crippen molar-refractivity contribution in [2.45, 2.75) is 19.3 Å². The molecule has 2 aliphatic rings. The van der Waals surface area contributed by atoms with Crippen molar-refractivity contribution in [3.63, 3.8) is 0 Å². The standard InChI is InChI=1S/C6H12N4/c1-2-4-9-6-7-8-10(9)5-3-1/h1-6H2. The van der Waals surface area contributed by atoms with Crippen molar-refractivity contribution in [2.24, 2.45) is 10.3 Å². The van der Waals surface area contributed by atoms with Crippen molar-refractivity contribution < 1.29 is 0 Å². The molecule has 0 atom stereocenters. The molecule has 0 amide bonds. The van der Waals surface area contributed by atoms with Crippen LogP contribution in [0.25, 0.3) is 0 Å². The molecule has 1 saturated heterocycles. The first-order valence-corrected chi connectivity index (χ1v) is 3.86. The fourth-order valence-corrected chi connectivity index (χ4v) is 1.40. The van der Waals surface area contributed by atoms with E-state index in [4.69, 9.17) is 0 Å². The first-order chi connectivity index (χ1) is 4.97. The average molecular weight is 140 g/mol. The normalized spacial score (nSPS) is 26.6. The van der Waals surface area contributed by atoms with E-state index in [9.17, 15) is 0 Å². The second kappa shape index (κ2) is 2.54. The number of hydrogen-bond acceptors (Lipinski definition) is 4. The molecule has 0 saturated carbocycles. The molecule has 0 aliphatic carbocycles. The van der Waals surface area contributed by atoms with Crippen LogP contribution in [0.15, 0.2) is 10.3 Å². The fraction of sp³-hybridized carbons (Fsp3) is 1.00. The van der Waals surface area contributed by atoms with Crippen LogP contribution in [0.1, 0.15) is 19.3 Å². The van der Waals surface area contributed by atoms with E-state index in [2.05, 4.69) is 15.3 Å². The van der Waals surface area contributed by atoms with E-state index in [0.29, 0.717) is 0 Å². The van der Waals surface area contributed by atoms with E-state index in [1.807, 2.05) is 5.12 Å². The Balaban J connectivity index is 2.00. The monoisotopic (exact) mass is 140 g/mol. The maximum absolute atomic E-state index is 4.00. The molecule has 10 heavy (non-hydrogen) atoms. The van der Waals surface area contributed by atoms with Crippen molar-refractivity contribution in [2.75, 3.05) is 19.8 Å². The Kier molecular flexibility index (Phi) is 1.55. The molecule has 2 rings (SSSR count). The van der Waals surface area contributed by atoms with E-state index in [1.165, 1.54) is 19.3 Å². The average Bonchev–Trinajstić information content (AvgIpc) is 2.28. The first kappa shape index (κ1) is 6.09. The van der Waals surface area contributed by atoms with Gasteiger partial charge in [-0.2, -0.15) is 10.1 Å². The third-order valence-corrected chi connectivity index (χ3v) is 1.99. The van der Waals surface area contributed by atoms with E-state index < -0.39 is 0 Å². The minimum atomic E-state index is 0.778. The number of hydrazine groups is 1. The maximum atomic E-state index is 4.00. The van der Waals surface area contributed by atoms with Crippen LogP contribution in [0.4, 0.5) is 0 Å². The largest absolute Gasteiger partial charge is 0.207 e. The van der Waals surface area contributed by atoms with Crippen LogP contribution >= 0.6 is 0 Å². The summed E-state index contributed by atoms with van der Waals surface area (Å²) in [6.07, 6.45) is 3.89. The van der Waals surface area contributed by atoms with Gasteiger partial charge < -0.3 is 0 Å². The van der Waals surface area contributed by atoms with Crippen LogP contribution in [0.3, 0.4) is 0 Å². The molecule has 0 unspecified atom stereocenters.